The third kappa shape index (κ3) is 5.01. The summed E-state index contributed by atoms with van der Waals surface area (Å²) in [4.78, 5) is 41.5. The smallest absolute Gasteiger partial charge is 0.259 e. The van der Waals surface area contributed by atoms with E-state index in [0.717, 1.165) is 44.4 Å². The lowest BCUT2D eigenvalue weighted by atomic mass is 9.48. The molecule has 2 heterocycles. The number of likely N-dealkylation sites (tertiary alicyclic amines) is 1. The van der Waals surface area contributed by atoms with E-state index < -0.39 is 5.43 Å². The molecule has 3 aliphatic carbocycles. The Morgan fingerprint density at radius 3 is 2.38 bits per heavy atom. The monoisotopic (exact) mass is 467 g/mol. The Kier molecular flexibility index (Phi) is 7.34. The summed E-state index contributed by atoms with van der Waals surface area (Å²) in [6.45, 7) is 11.4. The fraction of sp³-hybridized carbons (Fsp3) is 0.679. The van der Waals surface area contributed by atoms with Crippen LogP contribution >= 0.6 is 0 Å². The molecule has 1 saturated heterocycles. The maximum atomic E-state index is 13.3. The van der Waals surface area contributed by atoms with Gasteiger partial charge in [0.15, 0.2) is 0 Å². The Hall–Kier alpha value is -2.37. The van der Waals surface area contributed by atoms with Crippen LogP contribution in [-0.2, 0) is 6.54 Å². The molecule has 1 saturated carbocycles. The SMILES string of the molecule is CC(C)Cn1cc(C(=O)NCCC2=CC[C@H]3C[C@@H]2C3(C)C)c(=O)c(C(=O)N2CCCCCC2)c1. The standard InChI is InChI=1S/C28H41N3O3/c1-19(2)16-30-17-22(25(32)23(18-30)27(34)31-13-7-5-6-8-14-31)26(33)29-12-11-20-9-10-21-15-24(20)28(21,3)4/h9,17-19,21,24H,5-8,10-16H2,1-4H3,(H,29,33)/t21-,24-/m0/s1. The summed E-state index contributed by atoms with van der Waals surface area (Å²) in [6.07, 6.45) is 13.0. The molecule has 2 fully saturated rings. The molecule has 1 aromatic heterocycles. The Morgan fingerprint density at radius 1 is 1.09 bits per heavy atom. The number of pyridine rings is 1. The highest BCUT2D eigenvalue weighted by Gasteiger charge is 2.50. The zero-order chi connectivity index (χ0) is 24.5. The number of carbonyl (C=O) groups excluding carboxylic acids is 2. The normalized spacial score (nSPS) is 23.7. The number of nitrogens with one attached hydrogen (secondary N) is 1. The van der Waals surface area contributed by atoms with E-state index >= 15 is 0 Å². The van der Waals surface area contributed by atoms with Gasteiger partial charge in [-0.1, -0.05) is 52.2 Å². The van der Waals surface area contributed by atoms with Crippen LogP contribution in [0.4, 0.5) is 0 Å². The fourth-order valence-corrected chi connectivity index (χ4v) is 6.09. The summed E-state index contributed by atoms with van der Waals surface area (Å²) >= 11 is 0. The average Bonchev–Trinajstić information content (AvgIpc) is 3.09. The number of hydrogen-bond donors (Lipinski definition) is 1. The van der Waals surface area contributed by atoms with Crippen molar-refractivity contribution in [2.45, 2.75) is 79.2 Å². The Bertz CT molecular complexity index is 1010. The average molecular weight is 468 g/mol. The van der Waals surface area contributed by atoms with Crippen molar-refractivity contribution in [1.82, 2.24) is 14.8 Å². The van der Waals surface area contributed by atoms with E-state index in [1.807, 2.05) is 4.57 Å². The highest BCUT2D eigenvalue weighted by atomic mass is 16.2. The lowest BCUT2D eigenvalue weighted by Gasteiger charge is -2.56. The topological polar surface area (TPSA) is 71.4 Å². The molecule has 0 radical (unpaired) electrons. The summed E-state index contributed by atoms with van der Waals surface area (Å²) in [5.74, 6) is 1.11. The molecule has 186 valence electrons. The second-order valence-corrected chi connectivity index (χ2v) is 11.5. The highest BCUT2D eigenvalue weighted by Crippen LogP contribution is 2.59. The largest absolute Gasteiger partial charge is 0.352 e. The number of rotatable bonds is 7. The molecule has 1 N–H and O–H groups in total. The van der Waals surface area contributed by atoms with Gasteiger partial charge in [0, 0.05) is 38.6 Å². The van der Waals surface area contributed by atoms with Crippen molar-refractivity contribution < 1.29 is 9.59 Å². The number of amides is 2. The first-order valence-corrected chi connectivity index (χ1v) is 13.2. The van der Waals surface area contributed by atoms with E-state index in [1.54, 1.807) is 17.3 Å². The van der Waals surface area contributed by atoms with Gasteiger partial charge in [-0.25, -0.2) is 0 Å². The lowest BCUT2D eigenvalue weighted by molar-refractivity contribution is -0.00811. The number of nitrogens with zero attached hydrogens (tertiary/aromatic N) is 2. The van der Waals surface area contributed by atoms with E-state index in [-0.39, 0.29) is 22.9 Å². The van der Waals surface area contributed by atoms with Gasteiger partial charge in [-0.15, -0.1) is 0 Å². The predicted octanol–water partition coefficient (Wildman–Crippen LogP) is 4.63. The van der Waals surface area contributed by atoms with Crippen molar-refractivity contribution in [3.8, 4) is 0 Å². The van der Waals surface area contributed by atoms with E-state index in [4.69, 9.17) is 0 Å². The third-order valence-electron chi connectivity index (χ3n) is 8.31. The summed E-state index contributed by atoms with van der Waals surface area (Å²) in [6, 6.07) is 0. The van der Waals surface area contributed by atoms with Crippen LogP contribution in [0.2, 0.25) is 0 Å². The first-order chi connectivity index (χ1) is 16.2. The zero-order valence-corrected chi connectivity index (χ0v) is 21.4. The van der Waals surface area contributed by atoms with Gasteiger partial charge in [-0.2, -0.15) is 0 Å². The first kappa shape index (κ1) is 24.7. The van der Waals surface area contributed by atoms with Gasteiger partial charge in [-0.3, -0.25) is 14.4 Å². The Labute approximate surface area is 203 Å². The van der Waals surface area contributed by atoms with Crippen LogP contribution in [0, 0.1) is 23.2 Å². The number of allylic oxidation sites excluding steroid dienone is 1. The van der Waals surface area contributed by atoms with Crippen molar-refractivity contribution >= 4 is 11.8 Å². The molecule has 2 amide bonds. The summed E-state index contributed by atoms with van der Waals surface area (Å²) < 4.78 is 1.84. The number of fused-ring (bicyclic) bond motifs is 1. The quantitative estimate of drug-likeness (QED) is 0.594. The molecule has 1 aliphatic heterocycles. The van der Waals surface area contributed by atoms with E-state index in [9.17, 15) is 14.4 Å². The molecule has 34 heavy (non-hydrogen) atoms. The molecule has 0 spiro atoms. The van der Waals surface area contributed by atoms with Gasteiger partial charge in [-0.05, 0) is 55.3 Å². The van der Waals surface area contributed by atoms with Crippen LogP contribution in [0.3, 0.4) is 0 Å². The molecule has 4 aliphatic rings. The zero-order valence-electron chi connectivity index (χ0n) is 21.4. The maximum Gasteiger partial charge on any atom is 0.259 e. The van der Waals surface area contributed by atoms with Crippen molar-refractivity contribution in [2.75, 3.05) is 19.6 Å². The van der Waals surface area contributed by atoms with Crippen LogP contribution in [0.15, 0.2) is 28.8 Å². The molecule has 1 aromatic rings. The highest BCUT2D eigenvalue weighted by molar-refractivity contribution is 5.99. The molecule has 0 aromatic carbocycles. The van der Waals surface area contributed by atoms with Crippen LogP contribution in [-0.4, -0.2) is 40.9 Å². The van der Waals surface area contributed by atoms with Crippen LogP contribution in [0.1, 0.15) is 93.4 Å². The molecule has 6 heteroatoms. The molecule has 0 unspecified atom stereocenters. The molecular weight excluding hydrogens is 426 g/mol. The van der Waals surface area contributed by atoms with Gasteiger partial charge >= 0.3 is 0 Å². The predicted molar refractivity (Wildman–Crippen MR) is 135 cm³/mol. The summed E-state index contributed by atoms with van der Waals surface area (Å²) in [5.41, 5.74) is 1.54. The second kappa shape index (κ2) is 10.1. The van der Waals surface area contributed by atoms with Gasteiger partial charge in [0.1, 0.15) is 11.1 Å². The van der Waals surface area contributed by atoms with Gasteiger partial charge < -0.3 is 14.8 Å². The van der Waals surface area contributed by atoms with Crippen molar-refractivity contribution in [3.63, 3.8) is 0 Å². The van der Waals surface area contributed by atoms with Crippen molar-refractivity contribution in [1.29, 1.82) is 0 Å². The van der Waals surface area contributed by atoms with Crippen molar-refractivity contribution in [2.24, 2.45) is 23.2 Å². The Morgan fingerprint density at radius 2 is 1.76 bits per heavy atom. The molecule has 2 bridgehead atoms. The summed E-state index contributed by atoms with van der Waals surface area (Å²) in [5, 5.41) is 2.97. The molecule has 6 nitrogen and oxygen atoms in total. The lowest BCUT2D eigenvalue weighted by Crippen LogP contribution is -2.48. The van der Waals surface area contributed by atoms with Gasteiger partial charge in [0.2, 0.25) is 5.43 Å². The number of aromatic nitrogens is 1. The number of carbonyl (C=O) groups is 2. The van der Waals surface area contributed by atoms with Gasteiger partial charge in [0.25, 0.3) is 11.8 Å². The van der Waals surface area contributed by atoms with E-state index in [2.05, 4.69) is 39.1 Å². The molecule has 5 rings (SSSR count). The van der Waals surface area contributed by atoms with Crippen LogP contribution in [0.5, 0.6) is 0 Å². The minimum absolute atomic E-state index is 0.0722. The molecular formula is C28H41N3O3. The van der Waals surface area contributed by atoms with Crippen LogP contribution in [0.25, 0.3) is 0 Å². The number of hydrogen-bond acceptors (Lipinski definition) is 3. The second-order valence-electron chi connectivity index (χ2n) is 11.5. The minimum Gasteiger partial charge on any atom is -0.352 e. The third-order valence-corrected chi connectivity index (χ3v) is 8.31. The van der Waals surface area contributed by atoms with Gasteiger partial charge in [0.05, 0.1) is 0 Å². The van der Waals surface area contributed by atoms with Crippen molar-refractivity contribution in [3.05, 3.63) is 45.4 Å². The van der Waals surface area contributed by atoms with E-state index in [0.29, 0.717) is 43.4 Å². The van der Waals surface area contributed by atoms with Crippen LogP contribution < -0.4 is 10.7 Å². The maximum absolute atomic E-state index is 13.3. The minimum atomic E-state index is -0.452. The first-order valence-electron chi connectivity index (χ1n) is 13.2. The molecule has 2 atom stereocenters. The summed E-state index contributed by atoms with van der Waals surface area (Å²) in [7, 11) is 0. The fourth-order valence-electron chi connectivity index (χ4n) is 6.09. The van der Waals surface area contributed by atoms with E-state index in [1.165, 1.54) is 12.0 Å². The Balaban J connectivity index is 1.50.